The first-order chi connectivity index (χ1) is 13.0. The van der Waals surface area contributed by atoms with Crippen LogP contribution in [-0.4, -0.2) is 23.8 Å². The third-order valence-corrected chi connectivity index (χ3v) is 4.95. The van der Waals surface area contributed by atoms with Gasteiger partial charge < -0.3 is 14.6 Å². The SMILES string of the molecule is C=CC1=C(/C(=C\C)CC)CCC1Oc1ccc([C@H](CC(=O)O)OCC)cc1. The van der Waals surface area contributed by atoms with Crippen LogP contribution < -0.4 is 4.74 Å². The lowest BCUT2D eigenvalue weighted by molar-refractivity contribution is -0.140. The summed E-state index contributed by atoms with van der Waals surface area (Å²) < 4.78 is 11.8. The van der Waals surface area contributed by atoms with Gasteiger partial charge in [0.2, 0.25) is 0 Å². The first-order valence-electron chi connectivity index (χ1n) is 9.64. The van der Waals surface area contributed by atoms with Gasteiger partial charge in [-0.1, -0.05) is 37.8 Å². The van der Waals surface area contributed by atoms with Crippen molar-refractivity contribution in [2.45, 2.75) is 58.7 Å². The van der Waals surface area contributed by atoms with Crippen molar-refractivity contribution < 1.29 is 19.4 Å². The van der Waals surface area contributed by atoms with Gasteiger partial charge in [0.1, 0.15) is 11.9 Å². The second-order valence-corrected chi connectivity index (χ2v) is 6.56. The van der Waals surface area contributed by atoms with Crippen LogP contribution >= 0.6 is 0 Å². The van der Waals surface area contributed by atoms with Crippen molar-refractivity contribution >= 4 is 5.97 Å². The van der Waals surface area contributed by atoms with E-state index in [1.807, 2.05) is 37.3 Å². The quantitative estimate of drug-likeness (QED) is 0.581. The van der Waals surface area contributed by atoms with E-state index in [-0.39, 0.29) is 12.5 Å². The number of carboxylic acids is 1. The molecular formula is C23H30O4. The van der Waals surface area contributed by atoms with Crippen molar-refractivity contribution in [1.82, 2.24) is 0 Å². The number of hydrogen-bond donors (Lipinski definition) is 1. The number of ether oxygens (including phenoxy) is 2. The van der Waals surface area contributed by atoms with Crippen LogP contribution in [0.4, 0.5) is 0 Å². The minimum atomic E-state index is -0.872. The molecule has 0 aliphatic heterocycles. The number of carboxylic acid groups (broad SMARTS) is 1. The summed E-state index contributed by atoms with van der Waals surface area (Å²) in [6.07, 6.45) is 6.56. The minimum absolute atomic E-state index is 0.00607. The molecule has 4 nitrogen and oxygen atoms in total. The molecule has 4 heteroatoms. The normalized spacial score (nSPS) is 18.5. The van der Waals surface area contributed by atoms with Gasteiger partial charge in [0.25, 0.3) is 0 Å². The number of aliphatic carboxylic acids is 1. The van der Waals surface area contributed by atoms with Gasteiger partial charge in [0.15, 0.2) is 0 Å². The van der Waals surface area contributed by atoms with E-state index >= 15 is 0 Å². The van der Waals surface area contributed by atoms with Crippen LogP contribution in [0, 0.1) is 0 Å². The summed E-state index contributed by atoms with van der Waals surface area (Å²) in [5, 5.41) is 9.06. The Kier molecular flexibility index (Phi) is 7.86. The second-order valence-electron chi connectivity index (χ2n) is 6.56. The molecule has 2 atom stereocenters. The predicted octanol–water partition coefficient (Wildman–Crippen LogP) is 5.62. The Morgan fingerprint density at radius 2 is 2.04 bits per heavy atom. The molecule has 2 rings (SSSR count). The molecule has 146 valence electrons. The molecule has 27 heavy (non-hydrogen) atoms. The summed E-state index contributed by atoms with van der Waals surface area (Å²) in [7, 11) is 0. The molecule has 1 aliphatic rings. The summed E-state index contributed by atoms with van der Waals surface area (Å²) in [6, 6.07) is 7.54. The van der Waals surface area contributed by atoms with E-state index in [1.54, 1.807) is 0 Å². The fourth-order valence-corrected chi connectivity index (χ4v) is 3.64. The third-order valence-electron chi connectivity index (χ3n) is 4.95. The highest BCUT2D eigenvalue weighted by molar-refractivity contribution is 5.67. The first-order valence-corrected chi connectivity index (χ1v) is 9.64. The molecule has 1 aromatic rings. The Labute approximate surface area is 162 Å². The number of hydrogen-bond acceptors (Lipinski definition) is 3. The zero-order chi connectivity index (χ0) is 19.8. The van der Waals surface area contributed by atoms with Gasteiger partial charge in [-0.2, -0.15) is 0 Å². The van der Waals surface area contributed by atoms with E-state index in [0.29, 0.717) is 6.61 Å². The molecule has 1 aromatic carbocycles. The largest absolute Gasteiger partial charge is 0.486 e. The van der Waals surface area contributed by atoms with Gasteiger partial charge in [-0.05, 0) is 67.5 Å². The Morgan fingerprint density at radius 1 is 1.33 bits per heavy atom. The average Bonchev–Trinajstić information content (AvgIpc) is 3.05. The second kappa shape index (κ2) is 10.1. The van der Waals surface area contributed by atoms with Gasteiger partial charge in [-0.25, -0.2) is 0 Å². The molecule has 0 saturated carbocycles. The highest BCUT2D eigenvalue weighted by Gasteiger charge is 2.26. The van der Waals surface area contributed by atoms with Gasteiger partial charge in [0, 0.05) is 6.61 Å². The zero-order valence-corrected chi connectivity index (χ0v) is 16.5. The predicted molar refractivity (Wildman–Crippen MR) is 108 cm³/mol. The van der Waals surface area contributed by atoms with Crippen LogP contribution in [0.3, 0.4) is 0 Å². The van der Waals surface area contributed by atoms with Gasteiger partial charge in [-0.15, -0.1) is 0 Å². The number of allylic oxidation sites excluding steroid dienone is 3. The number of carbonyl (C=O) groups is 1. The van der Waals surface area contributed by atoms with E-state index in [0.717, 1.165) is 30.6 Å². The van der Waals surface area contributed by atoms with Crippen LogP contribution in [0.5, 0.6) is 5.75 Å². The lowest BCUT2D eigenvalue weighted by Crippen LogP contribution is -2.15. The van der Waals surface area contributed by atoms with Crippen LogP contribution in [0.2, 0.25) is 0 Å². The molecule has 0 amide bonds. The van der Waals surface area contributed by atoms with E-state index in [9.17, 15) is 4.79 Å². The highest BCUT2D eigenvalue weighted by atomic mass is 16.5. The van der Waals surface area contributed by atoms with E-state index in [4.69, 9.17) is 14.6 Å². The fraction of sp³-hybridized carbons (Fsp3) is 0.435. The molecule has 0 spiro atoms. The highest BCUT2D eigenvalue weighted by Crippen LogP contribution is 2.36. The van der Waals surface area contributed by atoms with Crippen molar-refractivity contribution in [2.75, 3.05) is 6.61 Å². The molecular weight excluding hydrogens is 340 g/mol. The topological polar surface area (TPSA) is 55.8 Å². The Hall–Kier alpha value is -2.33. The summed E-state index contributed by atoms with van der Waals surface area (Å²) in [6.45, 7) is 10.6. The molecule has 0 saturated heterocycles. The first kappa shape index (κ1) is 21.0. The maximum atomic E-state index is 11.0. The summed E-state index contributed by atoms with van der Waals surface area (Å²) >= 11 is 0. The van der Waals surface area contributed by atoms with Crippen molar-refractivity contribution in [2.24, 2.45) is 0 Å². The van der Waals surface area contributed by atoms with E-state index in [2.05, 4.69) is 26.5 Å². The number of rotatable bonds is 10. The maximum Gasteiger partial charge on any atom is 0.306 e. The van der Waals surface area contributed by atoms with Gasteiger partial charge in [0.05, 0.1) is 12.5 Å². The Morgan fingerprint density at radius 3 is 2.56 bits per heavy atom. The Bertz CT molecular complexity index is 712. The van der Waals surface area contributed by atoms with E-state index in [1.165, 1.54) is 16.7 Å². The molecule has 1 N–H and O–H groups in total. The molecule has 0 bridgehead atoms. The van der Waals surface area contributed by atoms with Crippen LogP contribution in [0.15, 0.2) is 59.7 Å². The fourth-order valence-electron chi connectivity index (χ4n) is 3.64. The monoisotopic (exact) mass is 370 g/mol. The van der Waals surface area contributed by atoms with Gasteiger partial charge >= 0.3 is 5.97 Å². The van der Waals surface area contributed by atoms with Crippen molar-refractivity contribution in [3.05, 3.63) is 65.3 Å². The van der Waals surface area contributed by atoms with Gasteiger partial charge in [-0.3, -0.25) is 4.79 Å². The molecule has 1 unspecified atom stereocenters. The molecule has 0 heterocycles. The average molecular weight is 370 g/mol. The summed E-state index contributed by atoms with van der Waals surface area (Å²) in [5.74, 6) is -0.0998. The summed E-state index contributed by atoms with van der Waals surface area (Å²) in [4.78, 5) is 11.0. The summed E-state index contributed by atoms with van der Waals surface area (Å²) in [5.41, 5.74) is 4.74. The molecule has 0 fully saturated rings. The zero-order valence-electron chi connectivity index (χ0n) is 16.5. The minimum Gasteiger partial charge on any atom is -0.486 e. The maximum absolute atomic E-state index is 11.0. The van der Waals surface area contributed by atoms with E-state index < -0.39 is 12.1 Å². The lowest BCUT2D eigenvalue weighted by atomic mass is 9.99. The van der Waals surface area contributed by atoms with Crippen molar-refractivity contribution in [1.29, 1.82) is 0 Å². The third kappa shape index (κ3) is 5.33. The van der Waals surface area contributed by atoms with Crippen LogP contribution in [0.1, 0.15) is 58.1 Å². The van der Waals surface area contributed by atoms with Crippen molar-refractivity contribution in [3.8, 4) is 5.75 Å². The van der Waals surface area contributed by atoms with Crippen LogP contribution in [-0.2, 0) is 9.53 Å². The lowest BCUT2D eigenvalue weighted by Gasteiger charge is -2.18. The van der Waals surface area contributed by atoms with Crippen LogP contribution in [0.25, 0.3) is 0 Å². The Balaban J connectivity index is 2.14. The smallest absolute Gasteiger partial charge is 0.306 e. The molecule has 1 aliphatic carbocycles. The van der Waals surface area contributed by atoms with Crippen molar-refractivity contribution in [3.63, 3.8) is 0 Å². The molecule has 0 aromatic heterocycles. The standard InChI is InChI=1S/C23H30O4/c1-5-16(6-2)20-13-14-21(19(20)7-3)27-18-11-9-17(10-12-18)22(26-8-4)15-23(24)25/h5,7,9-12,21-22H,3,6,8,13-15H2,1-2,4H3,(H,24,25)/b16-5-/t21?,22-/m0/s1. The molecule has 0 radical (unpaired) electrons. The number of benzene rings is 1.